The SMILES string of the molecule is COC(C)CCC(=O)c1cncc(OC(C)C)c1. The van der Waals surface area contributed by atoms with Crippen molar-refractivity contribution in [3.05, 3.63) is 24.0 Å². The molecular formula is C14H21NO3. The lowest BCUT2D eigenvalue weighted by atomic mass is 10.1. The maximum absolute atomic E-state index is 12.0. The highest BCUT2D eigenvalue weighted by Gasteiger charge is 2.10. The molecule has 4 nitrogen and oxygen atoms in total. The Labute approximate surface area is 108 Å². The van der Waals surface area contributed by atoms with Gasteiger partial charge in [0.15, 0.2) is 5.78 Å². The van der Waals surface area contributed by atoms with Crippen molar-refractivity contribution in [2.24, 2.45) is 0 Å². The molecule has 0 fully saturated rings. The van der Waals surface area contributed by atoms with E-state index in [1.165, 1.54) is 0 Å². The van der Waals surface area contributed by atoms with Gasteiger partial charge in [0, 0.05) is 25.3 Å². The van der Waals surface area contributed by atoms with Gasteiger partial charge < -0.3 is 9.47 Å². The summed E-state index contributed by atoms with van der Waals surface area (Å²) >= 11 is 0. The van der Waals surface area contributed by atoms with Gasteiger partial charge in [0.2, 0.25) is 0 Å². The van der Waals surface area contributed by atoms with Gasteiger partial charge in [-0.25, -0.2) is 0 Å². The van der Waals surface area contributed by atoms with Crippen LogP contribution in [0.1, 0.15) is 44.0 Å². The van der Waals surface area contributed by atoms with Gasteiger partial charge >= 0.3 is 0 Å². The zero-order chi connectivity index (χ0) is 13.5. The van der Waals surface area contributed by atoms with E-state index in [2.05, 4.69) is 4.98 Å². The Hall–Kier alpha value is -1.42. The standard InChI is InChI=1S/C14H21NO3/c1-10(2)18-13-7-12(8-15-9-13)14(16)6-5-11(3)17-4/h7-11H,5-6H2,1-4H3. The summed E-state index contributed by atoms with van der Waals surface area (Å²) in [6.45, 7) is 5.83. The molecule has 0 saturated carbocycles. The quantitative estimate of drug-likeness (QED) is 0.699. The first kappa shape index (κ1) is 14.6. The van der Waals surface area contributed by atoms with E-state index in [0.717, 1.165) is 0 Å². The van der Waals surface area contributed by atoms with E-state index in [1.54, 1.807) is 25.6 Å². The molecule has 1 unspecified atom stereocenters. The normalized spacial score (nSPS) is 12.5. The fourth-order valence-corrected chi connectivity index (χ4v) is 1.50. The molecule has 1 heterocycles. The second-order valence-electron chi connectivity index (χ2n) is 4.58. The molecule has 18 heavy (non-hydrogen) atoms. The Morgan fingerprint density at radius 1 is 1.33 bits per heavy atom. The third-order valence-corrected chi connectivity index (χ3v) is 2.59. The van der Waals surface area contributed by atoms with Gasteiger partial charge in [-0.2, -0.15) is 0 Å². The van der Waals surface area contributed by atoms with Crippen molar-refractivity contribution in [1.82, 2.24) is 4.98 Å². The average molecular weight is 251 g/mol. The van der Waals surface area contributed by atoms with Crippen LogP contribution in [0.3, 0.4) is 0 Å². The van der Waals surface area contributed by atoms with Crippen LogP contribution in [0.5, 0.6) is 5.75 Å². The minimum atomic E-state index is 0.0700. The van der Waals surface area contributed by atoms with E-state index in [1.807, 2.05) is 20.8 Å². The van der Waals surface area contributed by atoms with E-state index in [9.17, 15) is 4.79 Å². The number of rotatable bonds is 7. The van der Waals surface area contributed by atoms with Gasteiger partial charge in [-0.05, 0) is 33.3 Å². The lowest BCUT2D eigenvalue weighted by Gasteiger charge is -2.11. The van der Waals surface area contributed by atoms with E-state index in [0.29, 0.717) is 24.2 Å². The average Bonchev–Trinajstić information content (AvgIpc) is 2.35. The molecule has 0 aliphatic rings. The summed E-state index contributed by atoms with van der Waals surface area (Å²) < 4.78 is 10.6. The van der Waals surface area contributed by atoms with Crippen LogP contribution in [0.25, 0.3) is 0 Å². The third kappa shape index (κ3) is 4.84. The number of carbonyl (C=O) groups excluding carboxylic acids is 1. The molecule has 0 amide bonds. The number of hydrogen-bond donors (Lipinski definition) is 0. The number of ether oxygens (including phenoxy) is 2. The number of hydrogen-bond acceptors (Lipinski definition) is 4. The zero-order valence-corrected chi connectivity index (χ0v) is 11.5. The first-order valence-corrected chi connectivity index (χ1v) is 6.20. The van der Waals surface area contributed by atoms with Crippen LogP contribution < -0.4 is 4.74 Å². The molecule has 1 atom stereocenters. The fourth-order valence-electron chi connectivity index (χ4n) is 1.50. The van der Waals surface area contributed by atoms with Crippen LogP contribution in [0.15, 0.2) is 18.5 Å². The summed E-state index contributed by atoms with van der Waals surface area (Å²) in [6.07, 6.45) is 4.54. The summed E-state index contributed by atoms with van der Waals surface area (Å²) in [4.78, 5) is 16.0. The van der Waals surface area contributed by atoms with Gasteiger partial charge in [0.05, 0.1) is 18.4 Å². The molecule has 0 bridgehead atoms. The third-order valence-electron chi connectivity index (χ3n) is 2.59. The Kier molecular flexibility index (Phi) is 5.78. The molecule has 0 N–H and O–H groups in total. The number of aromatic nitrogens is 1. The highest BCUT2D eigenvalue weighted by molar-refractivity contribution is 5.96. The summed E-state index contributed by atoms with van der Waals surface area (Å²) in [5, 5.41) is 0. The zero-order valence-electron chi connectivity index (χ0n) is 11.5. The molecule has 1 rings (SSSR count). The van der Waals surface area contributed by atoms with E-state index < -0.39 is 0 Å². The molecule has 0 aliphatic carbocycles. The van der Waals surface area contributed by atoms with Crippen molar-refractivity contribution < 1.29 is 14.3 Å². The Balaban J connectivity index is 2.62. The minimum Gasteiger partial charge on any atom is -0.489 e. The van der Waals surface area contributed by atoms with E-state index >= 15 is 0 Å². The van der Waals surface area contributed by atoms with Gasteiger partial charge in [0.1, 0.15) is 5.75 Å². The van der Waals surface area contributed by atoms with Crippen molar-refractivity contribution in [2.45, 2.75) is 45.8 Å². The molecule has 100 valence electrons. The van der Waals surface area contributed by atoms with Gasteiger partial charge in [-0.3, -0.25) is 9.78 Å². The number of carbonyl (C=O) groups is 1. The molecule has 0 aliphatic heterocycles. The monoisotopic (exact) mass is 251 g/mol. The van der Waals surface area contributed by atoms with Gasteiger partial charge in [-0.15, -0.1) is 0 Å². The predicted octanol–water partition coefficient (Wildman–Crippen LogP) is 2.87. The largest absolute Gasteiger partial charge is 0.489 e. The summed E-state index contributed by atoms with van der Waals surface area (Å²) in [5.41, 5.74) is 0.594. The smallest absolute Gasteiger partial charge is 0.164 e. The molecule has 1 aromatic heterocycles. The lowest BCUT2D eigenvalue weighted by Crippen LogP contribution is -2.10. The Morgan fingerprint density at radius 3 is 2.67 bits per heavy atom. The number of pyridine rings is 1. The topological polar surface area (TPSA) is 48.4 Å². The Bertz CT molecular complexity index is 390. The lowest BCUT2D eigenvalue weighted by molar-refractivity contribution is 0.0877. The molecular weight excluding hydrogens is 230 g/mol. The van der Waals surface area contributed by atoms with Crippen LogP contribution in [0.2, 0.25) is 0 Å². The first-order chi connectivity index (χ1) is 8.52. The molecule has 0 aromatic carbocycles. The van der Waals surface area contributed by atoms with E-state index in [4.69, 9.17) is 9.47 Å². The summed E-state index contributed by atoms with van der Waals surface area (Å²) in [7, 11) is 1.65. The number of nitrogens with zero attached hydrogens (tertiary/aromatic N) is 1. The molecule has 0 radical (unpaired) electrons. The second kappa shape index (κ2) is 7.11. The fraction of sp³-hybridized carbons (Fsp3) is 0.571. The molecule has 0 spiro atoms. The van der Waals surface area contributed by atoms with Crippen molar-refractivity contribution in [1.29, 1.82) is 0 Å². The van der Waals surface area contributed by atoms with Crippen LogP contribution in [-0.4, -0.2) is 30.1 Å². The van der Waals surface area contributed by atoms with Crippen LogP contribution in [0, 0.1) is 0 Å². The maximum atomic E-state index is 12.0. The van der Waals surface area contributed by atoms with Gasteiger partial charge in [0.25, 0.3) is 0 Å². The molecule has 4 heteroatoms. The van der Waals surface area contributed by atoms with Crippen LogP contribution >= 0.6 is 0 Å². The van der Waals surface area contributed by atoms with Crippen molar-refractivity contribution in [3.63, 3.8) is 0 Å². The first-order valence-electron chi connectivity index (χ1n) is 6.20. The minimum absolute atomic E-state index is 0.0700. The summed E-state index contributed by atoms with van der Waals surface area (Å²) in [6, 6.07) is 1.74. The van der Waals surface area contributed by atoms with Crippen molar-refractivity contribution in [2.75, 3.05) is 7.11 Å². The highest BCUT2D eigenvalue weighted by atomic mass is 16.5. The molecule has 0 saturated heterocycles. The number of methoxy groups -OCH3 is 1. The second-order valence-corrected chi connectivity index (χ2v) is 4.58. The summed E-state index contributed by atoms with van der Waals surface area (Å²) in [5.74, 6) is 0.705. The van der Waals surface area contributed by atoms with E-state index in [-0.39, 0.29) is 18.0 Å². The van der Waals surface area contributed by atoms with Crippen LogP contribution in [-0.2, 0) is 4.74 Å². The highest BCUT2D eigenvalue weighted by Crippen LogP contribution is 2.15. The number of ketones is 1. The van der Waals surface area contributed by atoms with Crippen molar-refractivity contribution >= 4 is 5.78 Å². The Morgan fingerprint density at radius 2 is 2.06 bits per heavy atom. The van der Waals surface area contributed by atoms with Crippen molar-refractivity contribution in [3.8, 4) is 5.75 Å². The number of Topliss-reactive ketones (excluding diaryl/α,β-unsaturated/α-hetero) is 1. The van der Waals surface area contributed by atoms with Crippen LogP contribution in [0.4, 0.5) is 0 Å². The molecule has 1 aromatic rings. The van der Waals surface area contributed by atoms with Gasteiger partial charge in [-0.1, -0.05) is 0 Å². The maximum Gasteiger partial charge on any atom is 0.164 e. The predicted molar refractivity (Wildman–Crippen MR) is 70.0 cm³/mol.